The van der Waals surface area contributed by atoms with Crippen molar-refractivity contribution in [2.45, 2.75) is 13.0 Å². The Labute approximate surface area is 168 Å². The Morgan fingerprint density at radius 3 is 2.31 bits per heavy atom. The molecular weight excluding hydrogens is 364 g/mol. The molecule has 1 heterocycles. The van der Waals surface area contributed by atoms with Crippen molar-refractivity contribution in [1.82, 2.24) is 5.32 Å². The molecule has 1 aromatic heterocycles. The molecule has 3 aromatic carbocycles. The van der Waals surface area contributed by atoms with Crippen molar-refractivity contribution in [3.8, 4) is 0 Å². The van der Waals surface area contributed by atoms with E-state index >= 15 is 0 Å². The van der Waals surface area contributed by atoms with Crippen LogP contribution in [0.25, 0.3) is 11.0 Å². The summed E-state index contributed by atoms with van der Waals surface area (Å²) in [6.07, 6.45) is 0. The van der Waals surface area contributed by atoms with Gasteiger partial charge in [-0.25, -0.2) is 0 Å². The lowest BCUT2D eigenvalue weighted by molar-refractivity contribution is 0.0936. The van der Waals surface area contributed by atoms with E-state index in [0.717, 1.165) is 11.0 Å². The zero-order valence-electron chi connectivity index (χ0n) is 15.9. The highest BCUT2D eigenvalue weighted by Gasteiger charge is 2.18. The number of amides is 2. The summed E-state index contributed by atoms with van der Waals surface area (Å²) < 4.78 is 5.83. The highest BCUT2D eigenvalue weighted by atomic mass is 16.3. The maximum atomic E-state index is 12.9. The van der Waals surface area contributed by atoms with Gasteiger partial charge in [0.25, 0.3) is 11.8 Å². The van der Waals surface area contributed by atoms with E-state index in [-0.39, 0.29) is 17.9 Å². The fourth-order valence-electron chi connectivity index (χ4n) is 3.14. The number of para-hydroxylation sites is 2. The van der Waals surface area contributed by atoms with Crippen molar-refractivity contribution < 1.29 is 14.0 Å². The standard InChI is InChI=1S/C24H20N2O3/c1-16(22-15-18-11-5-8-14-21(18)29-22)25-24(28)19-12-6-7-13-20(19)26-23(27)17-9-3-2-4-10-17/h2-16H,1H3,(H,25,28)(H,26,27). The van der Waals surface area contributed by atoms with Crippen LogP contribution >= 0.6 is 0 Å². The number of anilines is 1. The summed E-state index contributed by atoms with van der Waals surface area (Å²) in [5.74, 6) is 0.114. The van der Waals surface area contributed by atoms with Crippen LogP contribution in [0.4, 0.5) is 5.69 Å². The Balaban J connectivity index is 1.52. The zero-order valence-corrected chi connectivity index (χ0v) is 15.9. The molecule has 29 heavy (non-hydrogen) atoms. The lowest BCUT2D eigenvalue weighted by Crippen LogP contribution is -2.27. The van der Waals surface area contributed by atoms with E-state index in [9.17, 15) is 9.59 Å². The monoisotopic (exact) mass is 384 g/mol. The molecule has 0 saturated carbocycles. The van der Waals surface area contributed by atoms with E-state index in [4.69, 9.17) is 4.42 Å². The fraction of sp³-hybridized carbons (Fsp3) is 0.0833. The second-order valence-electron chi connectivity index (χ2n) is 6.75. The molecule has 0 bridgehead atoms. The van der Waals surface area contributed by atoms with Gasteiger partial charge in [-0.1, -0.05) is 48.5 Å². The first-order valence-corrected chi connectivity index (χ1v) is 9.36. The number of carbonyl (C=O) groups excluding carboxylic acids is 2. The van der Waals surface area contributed by atoms with Gasteiger partial charge in [0, 0.05) is 10.9 Å². The van der Waals surface area contributed by atoms with E-state index < -0.39 is 0 Å². The minimum absolute atomic E-state index is 0.267. The summed E-state index contributed by atoms with van der Waals surface area (Å²) in [7, 11) is 0. The highest BCUT2D eigenvalue weighted by Crippen LogP contribution is 2.24. The molecule has 5 heteroatoms. The lowest BCUT2D eigenvalue weighted by Gasteiger charge is -2.14. The summed E-state index contributed by atoms with van der Waals surface area (Å²) in [4.78, 5) is 25.4. The van der Waals surface area contributed by atoms with Crippen LogP contribution in [0.3, 0.4) is 0 Å². The molecule has 4 aromatic rings. The van der Waals surface area contributed by atoms with Crippen LogP contribution in [0, 0.1) is 0 Å². The molecule has 0 aliphatic heterocycles. The van der Waals surface area contributed by atoms with Gasteiger partial charge in [0.1, 0.15) is 11.3 Å². The molecule has 1 unspecified atom stereocenters. The zero-order chi connectivity index (χ0) is 20.2. The topological polar surface area (TPSA) is 71.3 Å². The first kappa shape index (κ1) is 18.5. The summed E-state index contributed by atoms with van der Waals surface area (Å²) in [6.45, 7) is 1.86. The molecular formula is C24H20N2O3. The van der Waals surface area contributed by atoms with E-state index in [1.54, 1.807) is 48.5 Å². The van der Waals surface area contributed by atoms with E-state index in [2.05, 4.69) is 10.6 Å². The van der Waals surface area contributed by atoms with Gasteiger partial charge >= 0.3 is 0 Å². The largest absolute Gasteiger partial charge is 0.459 e. The van der Waals surface area contributed by atoms with Gasteiger partial charge in [-0.3, -0.25) is 9.59 Å². The summed E-state index contributed by atoms with van der Waals surface area (Å²) in [5.41, 5.74) is 2.15. The van der Waals surface area contributed by atoms with Crippen molar-refractivity contribution in [2.24, 2.45) is 0 Å². The van der Waals surface area contributed by atoms with Gasteiger partial charge in [0.2, 0.25) is 0 Å². The van der Waals surface area contributed by atoms with Crippen molar-refractivity contribution in [3.05, 3.63) is 102 Å². The first-order chi connectivity index (χ1) is 14.1. The van der Waals surface area contributed by atoms with E-state index in [1.165, 1.54) is 0 Å². The molecule has 144 valence electrons. The lowest BCUT2D eigenvalue weighted by atomic mass is 10.1. The van der Waals surface area contributed by atoms with Gasteiger partial charge < -0.3 is 15.1 Å². The number of hydrogen-bond acceptors (Lipinski definition) is 3. The van der Waals surface area contributed by atoms with Crippen LogP contribution < -0.4 is 10.6 Å². The Bertz CT molecular complexity index is 1130. The van der Waals surface area contributed by atoms with Crippen LogP contribution in [0.5, 0.6) is 0 Å². The number of furan rings is 1. The Hall–Kier alpha value is -3.86. The summed E-state index contributed by atoms with van der Waals surface area (Å²) in [5, 5.41) is 6.75. The van der Waals surface area contributed by atoms with Gasteiger partial charge in [-0.2, -0.15) is 0 Å². The van der Waals surface area contributed by atoms with Crippen molar-refractivity contribution in [1.29, 1.82) is 0 Å². The van der Waals surface area contributed by atoms with Crippen LogP contribution in [0.15, 0.2) is 89.3 Å². The molecule has 0 aliphatic rings. The molecule has 0 radical (unpaired) electrons. The Kier molecular flexibility index (Phi) is 5.12. The van der Waals surface area contributed by atoms with Crippen molar-refractivity contribution >= 4 is 28.5 Å². The molecule has 0 saturated heterocycles. The summed E-state index contributed by atoms with van der Waals surface area (Å²) in [6, 6.07) is 25.1. The molecule has 1 atom stereocenters. The average molecular weight is 384 g/mol. The number of hydrogen-bond donors (Lipinski definition) is 2. The van der Waals surface area contributed by atoms with Gasteiger partial charge in [-0.15, -0.1) is 0 Å². The summed E-state index contributed by atoms with van der Waals surface area (Å²) >= 11 is 0. The van der Waals surface area contributed by atoms with E-state index in [0.29, 0.717) is 22.6 Å². The number of fused-ring (bicyclic) bond motifs is 1. The smallest absolute Gasteiger partial charge is 0.255 e. The van der Waals surface area contributed by atoms with Crippen LogP contribution in [-0.2, 0) is 0 Å². The van der Waals surface area contributed by atoms with Crippen LogP contribution in [0.2, 0.25) is 0 Å². The van der Waals surface area contributed by atoms with Gasteiger partial charge in [0.15, 0.2) is 0 Å². The SMILES string of the molecule is CC(NC(=O)c1ccccc1NC(=O)c1ccccc1)c1cc2ccccc2o1. The normalized spacial score (nSPS) is 11.8. The molecule has 4 rings (SSSR count). The minimum atomic E-state index is -0.326. The van der Waals surface area contributed by atoms with E-state index in [1.807, 2.05) is 43.3 Å². The number of carbonyl (C=O) groups is 2. The average Bonchev–Trinajstić information content (AvgIpc) is 3.19. The predicted molar refractivity (Wildman–Crippen MR) is 113 cm³/mol. The third-order valence-corrected chi connectivity index (χ3v) is 4.67. The predicted octanol–water partition coefficient (Wildman–Crippen LogP) is 5.18. The molecule has 0 fully saturated rings. The quantitative estimate of drug-likeness (QED) is 0.498. The maximum Gasteiger partial charge on any atom is 0.255 e. The van der Waals surface area contributed by atoms with Gasteiger partial charge in [-0.05, 0) is 43.3 Å². The second-order valence-corrected chi connectivity index (χ2v) is 6.75. The molecule has 2 N–H and O–H groups in total. The minimum Gasteiger partial charge on any atom is -0.459 e. The van der Waals surface area contributed by atoms with Crippen molar-refractivity contribution in [3.63, 3.8) is 0 Å². The number of nitrogens with one attached hydrogen (secondary N) is 2. The van der Waals surface area contributed by atoms with Gasteiger partial charge in [0.05, 0.1) is 17.3 Å². The molecule has 0 aliphatic carbocycles. The second kappa shape index (κ2) is 8.02. The van der Waals surface area contributed by atoms with Crippen LogP contribution in [0.1, 0.15) is 39.4 Å². The van der Waals surface area contributed by atoms with Crippen molar-refractivity contribution in [2.75, 3.05) is 5.32 Å². The Morgan fingerprint density at radius 2 is 1.52 bits per heavy atom. The molecule has 2 amide bonds. The first-order valence-electron chi connectivity index (χ1n) is 9.36. The third kappa shape index (κ3) is 4.04. The maximum absolute atomic E-state index is 12.9. The number of benzene rings is 3. The highest BCUT2D eigenvalue weighted by molar-refractivity contribution is 6.09. The third-order valence-electron chi connectivity index (χ3n) is 4.67. The molecule has 5 nitrogen and oxygen atoms in total. The molecule has 0 spiro atoms. The fourth-order valence-corrected chi connectivity index (χ4v) is 3.14. The Morgan fingerprint density at radius 1 is 0.828 bits per heavy atom. The number of rotatable bonds is 5. The van der Waals surface area contributed by atoms with Crippen LogP contribution in [-0.4, -0.2) is 11.8 Å².